The van der Waals surface area contributed by atoms with Gasteiger partial charge in [-0.25, -0.2) is 27.3 Å². The lowest BCUT2D eigenvalue weighted by Gasteiger charge is -2.05. The summed E-state index contributed by atoms with van der Waals surface area (Å²) in [7, 11) is -4.38. The summed E-state index contributed by atoms with van der Waals surface area (Å²) in [6.07, 6.45) is -3.01. The molecule has 0 aromatic carbocycles. The smallest absolute Gasteiger partial charge is 0.233 e. The number of nitriles is 1. The molecule has 1 aromatic rings. The molecule has 0 amide bonds. The predicted octanol–water partition coefficient (Wildman–Crippen LogP) is 1.19. The van der Waals surface area contributed by atoms with Gasteiger partial charge >= 0.3 is 0 Å². The van der Waals surface area contributed by atoms with Crippen molar-refractivity contribution in [2.75, 3.05) is 0 Å². The van der Waals surface area contributed by atoms with Crippen molar-refractivity contribution in [1.29, 1.82) is 5.26 Å². The van der Waals surface area contributed by atoms with E-state index in [-0.39, 0.29) is 0 Å². The summed E-state index contributed by atoms with van der Waals surface area (Å²) in [6.45, 7) is 0. The lowest BCUT2D eigenvalue weighted by atomic mass is 10.2. The van der Waals surface area contributed by atoms with Crippen LogP contribution in [-0.4, -0.2) is 13.4 Å². The standard InChI is InChI=1S/C7H4ClF2N3O2S/c8-4-1-5(6(9)10)13-7(3(4)2-11)16(12,14)15/h1,6H,(H2,12,14,15). The molecule has 5 nitrogen and oxygen atoms in total. The number of sulfonamides is 1. The normalized spacial score (nSPS) is 11.5. The number of pyridine rings is 1. The maximum atomic E-state index is 12.3. The lowest BCUT2D eigenvalue weighted by molar-refractivity contribution is 0.145. The van der Waals surface area contributed by atoms with Gasteiger partial charge in [0.05, 0.1) is 5.02 Å². The average Bonchev–Trinajstić information content (AvgIpc) is 2.14. The van der Waals surface area contributed by atoms with Crippen molar-refractivity contribution < 1.29 is 17.2 Å². The van der Waals surface area contributed by atoms with E-state index in [1.54, 1.807) is 0 Å². The monoisotopic (exact) mass is 267 g/mol. The molecule has 1 rings (SSSR count). The second kappa shape index (κ2) is 4.29. The molecule has 0 radical (unpaired) electrons. The van der Waals surface area contributed by atoms with Gasteiger partial charge in [0.25, 0.3) is 16.4 Å². The molecule has 0 saturated heterocycles. The zero-order valence-electron chi connectivity index (χ0n) is 7.49. The van der Waals surface area contributed by atoms with E-state index in [1.807, 2.05) is 0 Å². The summed E-state index contributed by atoms with van der Waals surface area (Å²) in [4.78, 5) is 3.11. The number of hydrogen-bond acceptors (Lipinski definition) is 4. The van der Waals surface area contributed by atoms with Gasteiger partial charge in [-0.15, -0.1) is 0 Å². The van der Waals surface area contributed by atoms with Crippen molar-refractivity contribution in [3.63, 3.8) is 0 Å². The van der Waals surface area contributed by atoms with Crippen LogP contribution in [0.5, 0.6) is 0 Å². The zero-order valence-corrected chi connectivity index (χ0v) is 9.06. The van der Waals surface area contributed by atoms with Gasteiger partial charge in [0, 0.05) is 0 Å². The molecular weight excluding hydrogens is 264 g/mol. The van der Waals surface area contributed by atoms with Crippen LogP contribution in [0, 0.1) is 11.3 Å². The summed E-state index contributed by atoms with van der Waals surface area (Å²) in [5, 5.41) is 12.0. The summed E-state index contributed by atoms with van der Waals surface area (Å²) in [5.41, 5.74) is -1.40. The first kappa shape index (κ1) is 12.8. The van der Waals surface area contributed by atoms with Crippen LogP contribution in [0.15, 0.2) is 11.1 Å². The average molecular weight is 268 g/mol. The van der Waals surface area contributed by atoms with Gasteiger partial charge in [0.2, 0.25) is 0 Å². The van der Waals surface area contributed by atoms with Gasteiger partial charge in [0.15, 0.2) is 5.03 Å². The molecule has 0 saturated carbocycles. The van der Waals surface area contributed by atoms with Crippen LogP contribution in [0.4, 0.5) is 8.78 Å². The molecule has 0 aliphatic carbocycles. The number of aromatic nitrogens is 1. The minimum absolute atomic E-state index is 0.433. The summed E-state index contributed by atoms with van der Waals surface area (Å²) in [6, 6.07) is 2.16. The highest BCUT2D eigenvalue weighted by molar-refractivity contribution is 7.89. The summed E-state index contributed by atoms with van der Waals surface area (Å²) < 4.78 is 46.6. The molecule has 9 heteroatoms. The van der Waals surface area contributed by atoms with Crippen molar-refractivity contribution in [3.8, 4) is 6.07 Å². The molecule has 0 aliphatic rings. The van der Waals surface area contributed by atoms with Crippen LogP contribution in [0.1, 0.15) is 17.7 Å². The van der Waals surface area contributed by atoms with E-state index >= 15 is 0 Å². The Kier molecular flexibility index (Phi) is 3.42. The SMILES string of the molecule is N#Cc1c(Cl)cc(C(F)F)nc1S(N)(=O)=O. The van der Waals surface area contributed by atoms with E-state index in [4.69, 9.17) is 22.0 Å². The van der Waals surface area contributed by atoms with Gasteiger partial charge in [0.1, 0.15) is 17.3 Å². The van der Waals surface area contributed by atoms with E-state index in [2.05, 4.69) is 4.98 Å². The Morgan fingerprint density at radius 2 is 2.12 bits per heavy atom. The Morgan fingerprint density at radius 1 is 1.56 bits per heavy atom. The van der Waals surface area contributed by atoms with Crippen LogP contribution in [0.2, 0.25) is 5.02 Å². The highest BCUT2D eigenvalue weighted by Gasteiger charge is 2.23. The van der Waals surface area contributed by atoms with Crippen molar-refractivity contribution in [3.05, 3.63) is 22.3 Å². The second-order valence-electron chi connectivity index (χ2n) is 2.67. The largest absolute Gasteiger partial charge is 0.280 e. The second-order valence-corrected chi connectivity index (χ2v) is 4.55. The molecule has 0 aliphatic heterocycles. The Morgan fingerprint density at radius 3 is 2.50 bits per heavy atom. The molecule has 0 unspecified atom stereocenters. The van der Waals surface area contributed by atoms with E-state index in [1.165, 1.54) is 6.07 Å². The Hall–Kier alpha value is -1.30. The van der Waals surface area contributed by atoms with E-state index in [0.29, 0.717) is 0 Å². The number of halogens is 3. The third kappa shape index (κ3) is 2.44. The molecule has 1 heterocycles. The number of alkyl halides is 2. The predicted molar refractivity (Wildman–Crippen MR) is 50.3 cm³/mol. The van der Waals surface area contributed by atoms with Crippen molar-refractivity contribution in [2.45, 2.75) is 11.5 Å². The first-order valence-corrected chi connectivity index (χ1v) is 5.61. The number of hydrogen-bond donors (Lipinski definition) is 1. The zero-order chi connectivity index (χ0) is 12.5. The van der Waals surface area contributed by atoms with Gasteiger partial charge in [-0.1, -0.05) is 11.6 Å². The van der Waals surface area contributed by atoms with Gasteiger partial charge in [-0.05, 0) is 6.07 Å². The van der Waals surface area contributed by atoms with E-state index in [0.717, 1.165) is 6.07 Å². The van der Waals surface area contributed by atoms with Crippen molar-refractivity contribution in [1.82, 2.24) is 4.98 Å². The fourth-order valence-corrected chi connectivity index (χ4v) is 1.90. The topological polar surface area (TPSA) is 96.8 Å². The molecule has 0 fully saturated rings. The highest BCUT2D eigenvalue weighted by atomic mass is 35.5. The highest BCUT2D eigenvalue weighted by Crippen LogP contribution is 2.26. The number of nitrogens with zero attached hydrogens (tertiary/aromatic N) is 2. The Bertz CT molecular complexity index is 568. The minimum atomic E-state index is -4.38. The van der Waals surface area contributed by atoms with Crippen LogP contribution in [0.25, 0.3) is 0 Å². The van der Waals surface area contributed by atoms with Crippen LogP contribution in [-0.2, 0) is 10.0 Å². The first-order chi connectivity index (χ1) is 7.27. The molecule has 0 bridgehead atoms. The fourth-order valence-electron chi connectivity index (χ4n) is 0.928. The first-order valence-electron chi connectivity index (χ1n) is 3.69. The molecular formula is C7H4ClF2N3O2S. The number of rotatable bonds is 2. The van der Waals surface area contributed by atoms with E-state index < -0.39 is 37.8 Å². The Balaban J connectivity index is 3.64. The quantitative estimate of drug-likeness (QED) is 0.870. The fraction of sp³-hybridized carbons (Fsp3) is 0.143. The van der Waals surface area contributed by atoms with Crippen LogP contribution < -0.4 is 5.14 Å². The summed E-state index contributed by atoms with van der Waals surface area (Å²) >= 11 is 5.47. The molecule has 0 atom stereocenters. The van der Waals surface area contributed by atoms with Gasteiger partial charge < -0.3 is 0 Å². The third-order valence-electron chi connectivity index (χ3n) is 1.56. The number of primary sulfonamides is 1. The van der Waals surface area contributed by atoms with Crippen LogP contribution in [0.3, 0.4) is 0 Å². The van der Waals surface area contributed by atoms with Gasteiger partial charge in [-0.2, -0.15) is 5.26 Å². The van der Waals surface area contributed by atoms with Crippen molar-refractivity contribution in [2.24, 2.45) is 5.14 Å². The molecule has 1 aromatic heterocycles. The summed E-state index contributed by atoms with van der Waals surface area (Å²) in [5.74, 6) is 0. The molecule has 86 valence electrons. The number of nitrogens with two attached hydrogens (primary N) is 1. The molecule has 0 spiro atoms. The molecule has 16 heavy (non-hydrogen) atoms. The van der Waals surface area contributed by atoms with Crippen molar-refractivity contribution >= 4 is 21.6 Å². The maximum absolute atomic E-state index is 12.3. The third-order valence-corrected chi connectivity index (χ3v) is 2.70. The Labute approximate surface area is 94.5 Å². The molecule has 2 N–H and O–H groups in total. The maximum Gasteiger partial charge on any atom is 0.280 e. The lowest BCUT2D eigenvalue weighted by Crippen LogP contribution is -2.17. The van der Waals surface area contributed by atoms with E-state index in [9.17, 15) is 17.2 Å². The van der Waals surface area contributed by atoms with Gasteiger partial charge in [-0.3, -0.25) is 0 Å². The van der Waals surface area contributed by atoms with Crippen LogP contribution >= 0.6 is 11.6 Å². The minimum Gasteiger partial charge on any atom is -0.233 e.